The molecule has 1 unspecified atom stereocenters. The van der Waals surface area contributed by atoms with E-state index in [0.29, 0.717) is 24.7 Å². The highest BCUT2D eigenvalue weighted by Crippen LogP contribution is 2.29. The van der Waals surface area contributed by atoms with E-state index < -0.39 is 6.10 Å². The molecule has 1 atom stereocenters. The van der Waals surface area contributed by atoms with Gasteiger partial charge in [-0.2, -0.15) is 0 Å². The summed E-state index contributed by atoms with van der Waals surface area (Å²) in [4.78, 5) is 16.4. The first-order chi connectivity index (χ1) is 15.5. The molecule has 1 aromatic carbocycles. The van der Waals surface area contributed by atoms with Gasteiger partial charge in [0.25, 0.3) is 0 Å². The summed E-state index contributed by atoms with van der Waals surface area (Å²) >= 11 is 0. The predicted molar refractivity (Wildman–Crippen MR) is 121 cm³/mol. The van der Waals surface area contributed by atoms with Crippen molar-refractivity contribution in [3.05, 3.63) is 23.8 Å². The van der Waals surface area contributed by atoms with Crippen LogP contribution in [0, 0.1) is 5.92 Å². The number of aliphatic hydroxyl groups is 2. The monoisotopic (exact) mass is 450 g/mol. The summed E-state index contributed by atoms with van der Waals surface area (Å²) < 4.78 is 16.5. The van der Waals surface area contributed by atoms with E-state index in [9.17, 15) is 15.0 Å². The van der Waals surface area contributed by atoms with Crippen LogP contribution in [0.5, 0.6) is 11.5 Å². The number of piperidine rings is 2. The molecule has 8 heteroatoms. The Morgan fingerprint density at radius 2 is 1.78 bits per heavy atom. The molecule has 2 aliphatic heterocycles. The second kappa shape index (κ2) is 12.4. The second-order valence-corrected chi connectivity index (χ2v) is 8.78. The molecule has 0 spiro atoms. The Labute approximate surface area is 191 Å². The first-order valence-corrected chi connectivity index (χ1v) is 11.8. The number of nitrogens with zero attached hydrogens (tertiary/aromatic N) is 2. The highest BCUT2D eigenvalue weighted by atomic mass is 16.5. The van der Waals surface area contributed by atoms with Gasteiger partial charge < -0.3 is 29.3 Å². The van der Waals surface area contributed by atoms with Crippen molar-refractivity contribution < 1.29 is 29.2 Å². The van der Waals surface area contributed by atoms with E-state index in [0.717, 1.165) is 64.0 Å². The number of likely N-dealkylation sites (tertiary alicyclic amines) is 2. The van der Waals surface area contributed by atoms with Gasteiger partial charge in [-0.3, -0.25) is 9.69 Å². The molecule has 180 valence electrons. The van der Waals surface area contributed by atoms with Crippen LogP contribution in [0.15, 0.2) is 18.2 Å². The number of ether oxygens (including phenoxy) is 3. The molecule has 2 heterocycles. The number of hydrogen-bond acceptors (Lipinski definition) is 8. The van der Waals surface area contributed by atoms with Crippen molar-refractivity contribution in [2.75, 3.05) is 53.0 Å². The number of carbonyl (C=O) groups excluding carboxylic acids is 1. The summed E-state index contributed by atoms with van der Waals surface area (Å²) in [7, 11) is 1.62. The van der Waals surface area contributed by atoms with Crippen LogP contribution in [0.1, 0.15) is 38.2 Å². The number of carbonyl (C=O) groups is 1. The molecule has 0 amide bonds. The maximum absolute atomic E-state index is 11.9. The molecule has 0 aliphatic carbocycles. The van der Waals surface area contributed by atoms with Gasteiger partial charge in [0, 0.05) is 26.2 Å². The minimum atomic E-state index is -0.602. The van der Waals surface area contributed by atoms with Crippen molar-refractivity contribution in [2.45, 2.75) is 51.4 Å². The van der Waals surface area contributed by atoms with Gasteiger partial charge in [0.1, 0.15) is 12.7 Å². The quantitative estimate of drug-likeness (QED) is 0.520. The lowest BCUT2D eigenvalue weighted by Crippen LogP contribution is -2.41. The number of β-amino-alcohol motifs (C(OH)–C–C–N with tert-alkyl or cyclic N) is 1. The zero-order chi connectivity index (χ0) is 22.9. The van der Waals surface area contributed by atoms with Crippen LogP contribution in [0.4, 0.5) is 0 Å². The lowest BCUT2D eigenvalue weighted by atomic mass is 9.96. The maximum atomic E-state index is 11.9. The average Bonchev–Trinajstić information content (AvgIpc) is 2.80. The number of methoxy groups -OCH3 is 1. The molecule has 32 heavy (non-hydrogen) atoms. The number of rotatable bonds is 10. The first kappa shape index (κ1) is 24.8. The summed E-state index contributed by atoms with van der Waals surface area (Å²) in [6.07, 6.45) is 2.34. The van der Waals surface area contributed by atoms with Crippen molar-refractivity contribution in [2.24, 2.45) is 5.92 Å². The van der Waals surface area contributed by atoms with Crippen molar-refractivity contribution in [3.63, 3.8) is 0 Å². The molecule has 2 fully saturated rings. The van der Waals surface area contributed by atoms with Crippen molar-refractivity contribution >= 4 is 5.97 Å². The number of aliphatic hydroxyl groups excluding tert-OH is 2. The van der Waals surface area contributed by atoms with Crippen LogP contribution in [-0.2, 0) is 16.1 Å². The topological polar surface area (TPSA) is 91.7 Å². The summed E-state index contributed by atoms with van der Waals surface area (Å²) in [5, 5.41) is 19.9. The predicted octanol–water partition coefficient (Wildman–Crippen LogP) is 1.67. The third kappa shape index (κ3) is 7.33. The minimum absolute atomic E-state index is 0.0120. The van der Waals surface area contributed by atoms with Crippen molar-refractivity contribution in [3.8, 4) is 11.5 Å². The van der Waals surface area contributed by atoms with Crippen LogP contribution in [-0.4, -0.2) is 91.2 Å². The van der Waals surface area contributed by atoms with Gasteiger partial charge >= 0.3 is 5.97 Å². The molecule has 0 radical (unpaired) electrons. The van der Waals surface area contributed by atoms with E-state index in [1.54, 1.807) is 7.11 Å². The third-order valence-corrected chi connectivity index (χ3v) is 6.30. The highest BCUT2D eigenvalue weighted by molar-refractivity contribution is 5.72. The molecular formula is C24H38N2O6. The molecule has 0 aromatic heterocycles. The molecule has 1 aromatic rings. The Bertz CT molecular complexity index is 714. The van der Waals surface area contributed by atoms with Crippen molar-refractivity contribution in [1.82, 2.24) is 9.80 Å². The molecule has 8 nitrogen and oxygen atoms in total. The second-order valence-electron chi connectivity index (χ2n) is 8.78. The molecule has 0 saturated carbocycles. The fraction of sp³-hybridized carbons (Fsp3) is 0.708. The van der Waals surface area contributed by atoms with E-state index >= 15 is 0 Å². The van der Waals surface area contributed by atoms with Gasteiger partial charge in [0.2, 0.25) is 0 Å². The number of benzene rings is 1. The van der Waals surface area contributed by atoms with E-state index in [2.05, 4.69) is 9.80 Å². The van der Waals surface area contributed by atoms with Crippen LogP contribution >= 0.6 is 0 Å². The number of esters is 1. The van der Waals surface area contributed by atoms with Gasteiger partial charge in [-0.15, -0.1) is 0 Å². The lowest BCUT2D eigenvalue weighted by molar-refractivity contribution is -0.149. The normalized spacial score (nSPS) is 20.1. The van der Waals surface area contributed by atoms with Gasteiger partial charge in [-0.25, -0.2) is 0 Å². The molecular weight excluding hydrogens is 412 g/mol. The minimum Gasteiger partial charge on any atom is -0.493 e. The SMILES string of the molecule is CCOC(=O)C1CCN(Cc2ccc(OCC(O)CN3CCC(O)CC3)c(OC)c2)CC1. The molecule has 2 aliphatic rings. The summed E-state index contributed by atoms with van der Waals surface area (Å²) in [6, 6.07) is 5.89. The standard InChI is InChI=1S/C24H38N2O6/c1-3-31-24(29)19-6-10-25(11-7-19)15-18-4-5-22(23(14-18)30-2)32-17-21(28)16-26-12-8-20(27)9-13-26/h4-5,14,19-21,27-28H,3,6-13,15-17H2,1-2H3. The van der Waals surface area contributed by atoms with Crippen molar-refractivity contribution in [1.29, 1.82) is 0 Å². The fourth-order valence-corrected chi connectivity index (χ4v) is 4.41. The Kier molecular flexibility index (Phi) is 9.59. The van der Waals surface area contributed by atoms with Gasteiger partial charge in [-0.1, -0.05) is 6.07 Å². The first-order valence-electron chi connectivity index (χ1n) is 11.8. The Morgan fingerprint density at radius 1 is 1.09 bits per heavy atom. The van der Waals surface area contributed by atoms with E-state index in [1.165, 1.54) is 0 Å². The Hall–Kier alpha value is -1.87. The molecule has 2 saturated heterocycles. The van der Waals surface area contributed by atoms with Gasteiger partial charge in [-0.05, 0) is 63.4 Å². The third-order valence-electron chi connectivity index (χ3n) is 6.30. The largest absolute Gasteiger partial charge is 0.493 e. The van der Waals surface area contributed by atoms with E-state index in [-0.39, 0.29) is 24.6 Å². The zero-order valence-electron chi connectivity index (χ0n) is 19.4. The Morgan fingerprint density at radius 3 is 2.44 bits per heavy atom. The molecule has 2 N–H and O–H groups in total. The van der Waals surface area contributed by atoms with Gasteiger partial charge in [0.15, 0.2) is 11.5 Å². The lowest BCUT2D eigenvalue weighted by Gasteiger charge is -2.31. The fourth-order valence-electron chi connectivity index (χ4n) is 4.41. The van der Waals surface area contributed by atoms with Gasteiger partial charge in [0.05, 0.1) is 25.7 Å². The number of hydrogen-bond donors (Lipinski definition) is 2. The summed E-state index contributed by atoms with van der Waals surface area (Å²) in [5.41, 5.74) is 1.12. The van der Waals surface area contributed by atoms with Crippen LogP contribution in [0.3, 0.4) is 0 Å². The Balaban J connectivity index is 1.45. The van der Waals surface area contributed by atoms with Crippen LogP contribution < -0.4 is 9.47 Å². The van der Waals surface area contributed by atoms with Crippen LogP contribution in [0.2, 0.25) is 0 Å². The summed E-state index contributed by atoms with van der Waals surface area (Å²) in [5.74, 6) is 1.20. The smallest absolute Gasteiger partial charge is 0.309 e. The zero-order valence-corrected chi connectivity index (χ0v) is 19.4. The average molecular weight is 451 g/mol. The van der Waals surface area contributed by atoms with E-state index in [4.69, 9.17) is 14.2 Å². The molecule has 0 bridgehead atoms. The maximum Gasteiger partial charge on any atom is 0.309 e. The van der Waals surface area contributed by atoms with Crippen LogP contribution in [0.25, 0.3) is 0 Å². The summed E-state index contributed by atoms with van der Waals surface area (Å²) in [6.45, 7) is 7.12. The highest BCUT2D eigenvalue weighted by Gasteiger charge is 2.26. The molecule has 3 rings (SSSR count). The van der Waals surface area contributed by atoms with E-state index in [1.807, 2.05) is 25.1 Å².